The molecule has 0 aromatic carbocycles. The minimum atomic E-state index is -1.22. The van der Waals surface area contributed by atoms with Gasteiger partial charge in [-0.1, -0.05) is 25.2 Å². The van der Waals surface area contributed by atoms with Gasteiger partial charge in [-0.05, 0) is 49.9 Å². The second kappa shape index (κ2) is 10.1. The molecule has 3 atom stereocenters. The van der Waals surface area contributed by atoms with Crippen LogP contribution in [0.4, 0.5) is 0 Å². The Hall–Kier alpha value is -2.67. The third kappa shape index (κ3) is 4.88. The van der Waals surface area contributed by atoms with Crippen molar-refractivity contribution in [2.75, 3.05) is 26.0 Å². The van der Waals surface area contributed by atoms with E-state index in [0.29, 0.717) is 28.8 Å². The third-order valence-corrected chi connectivity index (χ3v) is 8.27. The Balaban J connectivity index is 1.32. The van der Waals surface area contributed by atoms with Gasteiger partial charge in [0.15, 0.2) is 5.76 Å². The Bertz CT molecular complexity index is 1260. The number of nitrogens with zero attached hydrogens (tertiary/aromatic N) is 6. The van der Waals surface area contributed by atoms with Crippen molar-refractivity contribution in [1.82, 2.24) is 35.6 Å². The Labute approximate surface area is 210 Å². The van der Waals surface area contributed by atoms with E-state index in [-0.39, 0.29) is 5.41 Å². The number of hydrogen-bond donors (Lipinski definition) is 1. The van der Waals surface area contributed by atoms with Crippen molar-refractivity contribution in [3.8, 4) is 16.5 Å². The molecule has 35 heavy (non-hydrogen) atoms. The molecule has 1 aliphatic rings. The van der Waals surface area contributed by atoms with E-state index in [1.807, 2.05) is 12.1 Å². The fourth-order valence-electron chi connectivity index (χ4n) is 4.89. The summed E-state index contributed by atoms with van der Waals surface area (Å²) in [6, 6.07) is 3.79. The first-order valence-electron chi connectivity index (χ1n) is 11.5. The molecule has 10 nitrogen and oxygen atoms in total. The molecule has 4 aromatic rings. The molecular weight excluding hydrogens is 486 g/mol. The molecule has 0 amide bonds. The molecule has 1 N–H and O–H groups in total. The zero-order chi connectivity index (χ0) is 24.4. The van der Waals surface area contributed by atoms with Crippen molar-refractivity contribution in [1.29, 1.82) is 0 Å². The molecular formula is C23H27N7O3S2. The quantitative estimate of drug-likeness (QED) is 0.276. The lowest BCUT2D eigenvalue weighted by atomic mass is 9.63. The van der Waals surface area contributed by atoms with Crippen LogP contribution >= 0.6 is 11.3 Å². The van der Waals surface area contributed by atoms with Gasteiger partial charge in [-0.2, -0.15) is 9.97 Å². The van der Waals surface area contributed by atoms with Gasteiger partial charge in [-0.3, -0.25) is 0 Å². The van der Waals surface area contributed by atoms with Crippen molar-refractivity contribution >= 4 is 32.9 Å². The highest BCUT2D eigenvalue weighted by Crippen LogP contribution is 2.44. The van der Waals surface area contributed by atoms with Crippen LogP contribution in [0, 0.1) is 11.8 Å². The Kier molecular flexibility index (Phi) is 6.96. The predicted octanol–water partition coefficient (Wildman–Crippen LogP) is 3.24. The standard InChI is InChI=1S/C23H27N7O3S2/c1-14(2)16-12-24-8-6-23(16,19-13-27-30-33-19)7-9-32-22-29-18-5-4-17(28-20(18)34-22)15-10-25-21(26-11-15)35(3)31/h4-5,10-11,13-14,16,24H,6-9,12H2,1-3H3/t16?,23-,35?/m0/s1. The van der Waals surface area contributed by atoms with Gasteiger partial charge in [-0.15, -0.1) is 5.10 Å². The second-order valence-corrected chi connectivity index (χ2v) is 11.3. The van der Waals surface area contributed by atoms with E-state index in [0.717, 1.165) is 53.3 Å². The molecule has 0 radical (unpaired) electrons. The van der Waals surface area contributed by atoms with Crippen LogP contribution in [-0.4, -0.2) is 60.8 Å². The van der Waals surface area contributed by atoms with E-state index >= 15 is 0 Å². The number of thiazole rings is 1. The smallest absolute Gasteiger partial charge is 0.342 e. The summed E-state index contributed by atoms with van der Waals surface area (Å²) in [6.45, 7) is 6.82. The number of fused-ring (bicyclic) bond motifs is 1. The summed E-state index contributed by atoms with van der Waals surface area (Å²) in [5, 5.41) is 12.1. The molecule has 4 aromatic heterocycles. The molecule has 1 fully saturated rings. The average molecular weight is 514 g/mol. The van der Waals surface area contributed by atoms with Crippen molar-refractivity contribution in [3.63, 3.8) is 0 Å². The maximum absolute atomic E-state index is 11.5. The Morgan fingerprint density at radius 3 is 2.80 bits per heavy atom. The summed E-state index contributed by atoms with van der Waals surface area (Å²) in [6.07, 6.45) is 8.30. The van der Waals surface area contributed by atoms with Crippen molar-refractivity contribution in [2.24, 2.45) is 11.8 Å². The SMILES string of the molecule is CC(C)C1CNCC[C@@]1(CCOc1nc2ccc(-c3cnc([S+](C)[O-])nc3)nc2s1)c1cnno1. The number of hydrogen-bond acceptors (Lipinski definition) is 11. The molecule has 0 saturated carbocycles. The number of pyridine rings is 1. The van der Waals surface area contributed by atoms with E-state index in [2.05, 4.69) is 44.5 Å². The number of aromatic nitrogens is 6. The maximum Gasteiger partial charge on any atom is 0.342 e. The van der Waals surface area contributed by atoms with E-state index in [4.69, 9.17) is 14.2 Å². The average Bonchev–Trinajstić information content (AvgIpc) is 3.54. The Morgan fingerprint density at radius 1 is 1.26 bits per heavy atom. The lowest BCUT2D eigenvalue weighted by Crippen LogP contribution is -2.50. The van der Waals surface area contributed by atoms with Gasteiger partial charge in [0.2, 0.25) is 0 Å². The molecule has 1 aliphatic heterocycles. The second-order valence-electron chi connectivity index (χ2n) is 9.05. The van der Waals surface area contributed by atoms with Crippen LogP contribution in [0.1, 0.15) is 32.4 Å². The van der Waals surface area contributed by atoms with Crippen LogP contribution in [0.2, 0.25) is 0 Å². The maximum atomic E-state index is 11.5. The van der Waals surface area contributed by atoms with Gasteiger partial charge in [-0.25, -0.2) is 9.97 Å². The molecule has 2 unspecified atom stereocenters. The lowest BCUT2D eigenvalue weighted by Gasteiger charge is -2.44. The van der Waals surface area contributed by atoms with Crippen molar-refractivity contribution in [2.45, 2.75) is 37.3 Å². The van der Waals surface area contributed by atoms with E-state index in [9.17, 15) is 4.55 Å². The molecule has 0 aliphatic carbocycles. The fourth-order valence-corrected chi connectivity index (χ4v) is 6.10. The van der Waals surface area contributed by atoms with Crippen LogP contribution in [-0.2, 0) is 16.6 Å². The van der Waals surface area contributed by atoms with Crippen LogP contribution in [0.5, 0.6) is 5.19 Å². The van der Waals surface area contributed by atoms with E-state index < -0.39 is 11.2 Å². The molecule has 5 rings (SSSR count). The first-order chi connectivity index (χ1) is 17.0. The molecule has 1 saturated heterocycles. The number of piperidine rings is 1. The minimum Gasteiger partial charge on any atom is -0.609 e. The molecule has 184 valence electrons. The highest BCUT2D eigenvalue weighted by Gasteiger charge is 2.46. The van der Waals surface area contributed by atoms with Crippen LogP contribution in [0.15, 0.2) is 40.4 Å². The van der Waals surface area contributed by atoms with Gasteiger partial charge in [0, 0.05) is 39.8 Å². The first kappa shape index (κ1) is 24.0. The molecule has 0 spiro atoms. The first-order valence-corrected chi connectivity index (χ1v) is 13.9. The Morgan fingerprint density at radius 2 is 2.09 bits per heavy atom. The van der Waals surface area contributed by atoms with Crippen molar-refractivity contribution < 1.29 is 13.8 Å². The monoisotopic (exact) mass is 513 g/mol. The topological polar surface area (TPSA) is 135 Å². The highest BCUT2D eigenvalue weighted by atomic mass is 32.2. The molecule has 12 heteroatoms. The fraction of sp³-hybridized carbons (Fsp3) is 0.478. The number of ether oxygens (including phenoxy) is 1. The van der Waals surface area contributed by atoms with Gasteiger partial charge in [0.1, 0.15) is 16.6 Å². The molecule has 0 bridgehead atoms. The van der Waals surface area contributed by atoms with Gasteiger partial charge >= 0.3 is 5.16 Å². The summed E-state index contributed by atoms with van der Waals surface area (Å²) < 4.78 is 23.3. The highest BCUT2D eigenvalue weighted by molar-refractivity contribution is 7.90. The zero-order valence-electron chi connectivity index (χ0n) is 19.8. The van der Waals surface area contributed by atoms with Crippen LogP contribution < -0.4 is 10.1 Å². The summed E-state index contributed by atoms with van der Waals surface area (Å²) in [5.41, 5.74) is 2.08. The summed E-state index contributed by atoms with van der Waals surface area (Å²) in [7, 11) is 0. The summed E-state index contributed by atoms with van der Waals surface area (Å²) >= 11 is 0.190. The number of rotatable bonds is 8. The predicted molar refractivity (Wildman–Crippen MR) is 133 cm³/mol. The van der Waals surface area contributed by atoms with Crippen LogP contribution in [0.25, 0.3) is 21.6 Å². The zero-order valence-corrected chi connectivity index (χ0v) is 21.4. The van der Waals surface area contributed by atoms with E-state index in [1.165, 1.54) is 11.3 Å². The largest absolute Gasteiger partial charge is 0.609 e. The minimum absolute atomic E-state index is 0.181. The normalized spacial score (nSPS) is 21.5. The summed E-state index contributed by atoms with van der Waals surface area (Å²) in [4.78, 5) is 18.4. The van der Waals surface area contributed by atoms with Gasteiger partial charge in [0.25, 0.3) is 5.19 Å². The van der Waals surface area contributed by atoms with Gasteiger partial charge in [0.05, 0.1) is 18.5 Å². The summed E-state index contributed by atoms with van der Waals surface area (Å²) in [5.74, 6) is 1.68. The lowest BCUT2D eigenvalue weighted by molar-refractivity contribution is 0.0902. The van der Waals surface area contributed by atoms with Crippen molar-refractivity contribution in [3.05, 3.63) is 36.5 Å². The molecule has 5 heterocycles. The number of nitrogens with one attached hydrogen (secondary N) is 1. The van der Waals surface area contributed by atoms with Crippen LogP contribution in [0.3, 0.4) is 0 Å². The van der Waals surface area contributed by atoms with Gasteiger partial charge < -0.3 is 19.1 Å². The van der Waals surface area contributed by atoms with E-state index in [1.54, 1.807) is 24.8 Å². The third-order valence-electron chi connectivity index (χ3n) is 6.67.